The van der Waals surface area contributed by atoms with Gasteiger partial charge < -0.3 is 5.32 Å². The molecule has 0 aliphatic carbocycles. The Labute approximate surface area is 109 Å². The van der Waals surface area contributed by atoms with Crippen LogP contribution in [0.5, 0.6) is 0 Å². The Morgan fingerprint density at radius 1 is 1.56 bits per heavy atom. The molecule has 2 rings (SSSR count). The zero-order valence-electron chi connectivity index (χ0n) is 8.87. The van der Waals surface area contributed by atoms with Crippen LogP contribution in [-0.2, 0) is 0 Å². The zero-order chi connectivity index (χ0) is 11.4. The van der Waals surface area contributed by atoms with Crippen LogP contribution in [0.15, 0.2) is 22.7 Å². The molecule has 0 saturated carbocycles. The van der Waals surface area contributed by atoms with Crippen molar-refractivity contribution in [2.45, 2.75) is 18.1 Å². The van der Waals surface area contributed by atoms with Gasteiger partial charge >= 0.3 is 0 Å². The Kier molecular flexibility index (Phi) is 4.14. The number of hydrogen-bond acceptors (Lipinski definition) is 3. The number of benzene rings is 1. The first-order valence-electron chi connectivity index (χ1n) is 5.35. The van der Waals surface area contributed by atoms with Gasteiger partial charge in [0, 0.05) is 22.0 Å². The van der Waals surface area contributed by atoms with Gasteiger partial charge in [0.25, 0.3) is 0 Å². The third-order valence-electron chi connectivity index (χ3n) is 2.65. The minimum Gasteiger partial charge on any atom is -0.384 e. The van der Waals surface area contributed by atoms with E-state index in [9.17, 15) is 0 Å². The van der Waals surface area contributed by atoms with Crippen molar-refractivity contribution in [1.82, 2.24) is 0 Å². The fourth-order valence-corrected chi connectivity index (χ4v) is 3.42. The molecule has 1 fully saturated rings. The molecule has 1 aromatic carbocycles. The summed E-state index contributed by atoms with van der Waals surface area (Å²) in [5.41, 5.74) is 1.76. The van der Waals surface area contributed by atoms with E-state index in [2.05, 4.69) is 27.3 Å². The Morgan fingerprint density at radius 2 is 2.44 bits per heavy atom. The second-order valence-corrected chi connectivity index (χ2v) is 6.08. The number of hydrogen-bond donors (Lipinski definition) is 1. The molecule has 1 aliphatic heterocycles. The van der Waals surface area contributed by atoms with E-state index in [0.717, 1.165) is 22.0 Å². The van der Waals surface area contributed by atoms with E-state index in [0.29, 0.717) is 5.56 Å². The first kappa shape index (κ1) is 11.8. The van der Waals surface area contributed by atoms with Gasteiger partial charge in [-0.05, 0) is 52.7 Å². The van der Waals surface area contributed by atoms with E-state index in [-0.39, 0.29) is 0 Å². The second-order valence-electron chi connectivity index (χ2n) is 3.82. The number of nitrogens with one attached hydrogen (secondary N) is 1. The molecule has 16 heavy (non-hydrogen) atoms. The minimum absolute atomic E-state index is 0.681. The Bertz CT molecular complexity index is 408. The third-order valence-corrected chi connectivity index (χ3v) is 4.70. The number of thioether (sulfide) groups is 1. The van der Waals surface area contributed by atoms with Gasteiger partial charge in [0.2, 0.25) is 0 Å². The fourth-order valence-electron chi connectivity index (χ4n) is 1.75. The maximum Gasteiger partial charge on any atom is 0.100 e. The van der Waals surface area contributed by atoms with Crippen LogP contribution in [-0.4, -0.2) is 17.5 Å². The van der Waals surface area contributed by atoms with Crippen molar-refractivity contribution in [3.05, 3.63) is 28.2 Å². The molecule has 1 aromatic rings. The molecule has 2 nitrogen and oxygen atoms in total. The molecule has 1 unspecified atom stereocenters. The Balaban J connectivity index is 1.94. The maximum absolute atomic E-state index is 8.81. The highest BCUT2D eigenvalue weighted by Gasteiger charge is 2.14. The van der Waals surface area contributed by atoms with Gasteiger partial charge in [-0.25, -0.2) is 0 Å². The normalized spacial score (nSPS) is 19.4. The monoisotopic (exact) mass is 296 g/mol. The van der Waals surface area contributed by atoms with E-state index in [1.807, 2.05) is 30.0 Å². The Morgan fingerprint density at radius 3 is 3.06 bits per heavy atom. The highest BCUT2D eigenvalue weighted by Crippen LogP contribution is 2.27. The molecular weight excluding hydrogens is 284 g/mol. The van der Waals surface area contributed by atoms with Crippen molar-refractivity contribution >= 4 is 33.4 Å². The smallest absolute Gasteiger partial charge is 0.100 e. The Hall–Kier alpha value is -0.660. The standard InChI is InChI=1S/C12H13BrN2S/c13-12-6-10(4-3-9(12)7-14)15-8-11-2-1-5-16-11/h3-4,6,11,15H,1-2,5,8H2. The summed E-state index contributed by atoms with van der Waals surface area (Å²) in [5.74, 6) is 1.30. The van der Waals surface area contributed by atoms with E-state index in [1.54, 1.807) is 0 Å². The molecule has 4 heteroatoms. The first-order valence-corrected chi connectivity index (χ1v) is 7.19. The van der Waals surface area contributed by atoms with Gasteiger partial charge in [-0.1, -0.05) is 0 Å². The van der Waals surface area contributed by atoms with Crippen LogP contribution < -0.4 is 5.32 Å². The number of nitrogens with zero attached hydrogens (tertiary/aromatic N) is 1. The molecular formula is C12H13BrN2S. The molecule has 1 heterocycles. The van der Waals surface area contributed by atoms with Crippen LogP contribution in [0.1, 0.15) is 18.4 Å². The topological polar surface area (TPSA) is 35.8 Å². The van der Waals surface area contributed by atoms with Crippen molar-refractivity contribution in [2.24, 2.45) is 0 Å². The minimum atomic E-state index is 0.681. The summed E-state index contributed by atoms with van der Waals surface area (Å²) in [4.78, 5) is 0. The average Bonchev–Trinajstić information content (AvgIpc) is 2.79. The molecule has 1 aliphatic rings. The molecule has 0 amide bonds. The summed E-state index contributed by atoms with van der Waals surface area (Å²) < 4.78 is 0.860. The molecule has 84 valence electrons. The SMILES string of the molecule is N#Cc1ccc(NCC2CCCS2)cc1Br. The van der Waals surface area contributed by atoms with Crippen molar-refractivity contribution < 1.29 is 0 Å². The largest absolute Gasteiger partial charge is 0.384 e. The quantitative estimate of drug-likeness (QED) is 0.925. The van der Waals surface area contributed by atoms with Crippen LogP contribution in [0, 0.1) is 11.3 Å². The number of nitriles is 1. The van der Waals surface area contributed by atoms with Gasteiger partial charge in [-0.2, -0.15) is 17.0 Å². The van der Waals surface area contributed by atoms with Gasteiger partial charge in [-0.15, -0.1) is 0 Å². The zero-order valence-corrected chi connectivity index (χ0v) is 11.3. The summed E-state index contributed by atoms with van der Waals surface area (Å²) in [6.07, 6.45) is 2.66. The lowest BCUT2D eigenvalue weighted by molar-refractivity contribution is 0.805. The molecule has 0 bridgehead atoms. The first-order chi connectivity index (χ1) is 7.79. The van der Waals surface area contributed by atoms with Crippen molar-refractivity contribution in [1.29, 1.82) is 5.26 Å². The van der Waals surface area contributed by atoms with E-state index in [4.69, 9.17) is 5.26 Å². The predicted molar refractivity (Wildman–Crippen MR) is 72.8 cm³/mol. The maximum atomic E-state index is 8.81. The third kappa shape index (κ3) is 2.93. The predicted octanol–water partition coefficient (Wildman–Crippen LogP) is 3.63. The molecule has 1 saturated heterocycles. The summed E-state index contributed by atoms with van der Waals surface area (Å²) in [7, 11) is 0. The second kappa shape index (κ2) is 5.60. The molecule has 1 atom stereocenters. The van der Waals surface area contributed by atoms with Gasteiger partial charge in [0.05, 0.1) is 5.56 Å². The number of anilines is 1. The van der Waals surface area contributed by atoms with Crippen molar-refractivity contribution in [2.75, 3.05) is 17.6 Å². The highest BCUT2D eigenvalue weighted by molar-refractivity contribution is 9.10. The van der Waals surface area contributed by atoms with E-state index < -0.39 is 0 Å². The average molecular weight is 297 g/mol. The van der Waals surface area contributed by atoms with E-state index in [1.165, 1.54) is 18.6 Å². The summed E-state index contributed by atoms with van der Waals surface area (Å²) >= 11 is 5.44. The summed E-state index contributed by atoms with van der Waals surface area (Å²) in [6.45, 7) is 1.02. The lowest BCUT2D eigenvalue weighted by Gasteiger charge is -2.11. The highest BCUT2D eigenvalue weighted by atomic mass is 79.9. The molecule has 0 radical (unpaired) electrons. The fraction of sp³-hybridized carbons (Fsp3) is 0.417. The van der Waals surface area contributed by atoms with Crippen LogP contribution >= 0.6 is 27.7 Å². The molecule has 0 aromatic heterocycles. The number of halogens is 1. The number of rotatable bonds is 3. The summed E-state index contributed by atoms with van der Waals surface area (Å²) in [6, 6.07) is 7.91. The summed E-state index contributed by atoms with van der Waals surface area (Å²) in [5, 5.41) is 13.0. The van der Waals surface area contributed by atoms with Crippen molar-refractivity contribution in [3.63, 3.8) is 0 Å². The van der Waals surface area contributed by atoms with Crippen molar-refractivity contribution in [3.8, 4) is 6.07 Å². The van der Waals surface area contributed by atoms with Crippen LogP contribution in [0.4, 0.5) is 5.69 Å². The van der Waals surface area contributed by atoms with Gasteiger partial charge in [-0.3, -0.25) is 0 Å². The van der Waals surface area contributed by atoms with E-state index >= 15 is 0 Å². The molecule has 1 N–H and O–H groups in total. The van der Waals surface area contributed by atoms with Crippen LogP contribution in [0.3, 0.4) is 0 Å². The molecule has 0 spiro atoms. The lowest BCUT2D eigenvalue weighted by atomic mass is 10.2. The van der Waals surface area contributed by atoms with Gasteiger partial charge in [0.1, 0.15) is 6.07 Å². The lowest BCUT2D eigenvalue weighted by Crippen LogP contribution is -2.13. The van der Waals surface area contributed by atoms with Crippen LogP contribution in [0.25, 0.3) is 0 Å². The van der Waals surface area contributed by atoms with Crippen LogP contribution in [0.2, 0.25) is 0 Å². The van der Waals surface area contributed by atoms with Gasteiger partial charge in [0.15, 0.2) is 0 Å².